The van der Waals surface area contributed by atoms with Crippen LogP contribution in [-0.4, -0.2) is 81.4 Å². The van der Waals surface area contributed by atoms with E-state index in [0.717, 1.165) is 77.0 Å². The lowest BCUT2D eigenvalue weighted by molar-refractivity contribution is -0.146. The topological polar surface area (TPSA) is 169 Å². The van der Waals surface area contributed by atoms with E-state index in [4.69, 9.17) is 4.74 Å². The standard InChI is InChI=1S/C47H94O10S3/c1-4-7-10-13-16-19-22-25-28-31-34-37-40-58(51,52)47(46(50)57-44-45(49)43-48,59(53,54)41-38-35-32-29-26-23-20-17-14-11-8-5-2)60(55,56)42-39-36-33-30-27-24-21-18-15-12-9-6-3/h45,48-49H,4-44H2,1-3H3. The van der Waals surface area contributed by atoms with Crippen molar-refractivity contribution >= 4 is 35.5 Å². The molecule has 10 nitrogen and oxygen atoms in total. The Morgan fingerprint density at radius 2 is 0.600 bits per heavy atom. The molecule has 0 saturated heterocycles. The van der Waals surface area contributed by atoms with Gasteiger partial charge in [-0.05, 0) is 19.3 Å². The molecule has 0 aliphatic rings. The molecule has 0 aromatic heterocycles. The first-order chi connectivity index (χ1) is 28.8. The third-order valence-corrected chi connectivity index (χ3v) is 21.9. The fraction of sp³-hybridized carbons (Fsp3) is 0.979. The maximum absolute atomic E-state index is 14.4. The lowest BCUT2D eigenvalue weighted by atomic mass is 10.1. The van der Waals surface area contributed by atoms with Crippen LogP contribution >= 0.6 is 0 Å². The van der Waals surface area contributed by atoms with Crippen molar-refractivity contribution in [1.29, 1.82) is 0 Å². The van der Waals surface area contributed by atoms with Crippen molar-refractivity contribution < 1.29 is 45.0 Å². The summed E-state index contributed by atoms with van der Waals surface area (Å²) in [5, 5.41) is 19.4. The minimum atomic E-state index is -5.19. The molecule has 0 heterocycles. The summed E-state index contributed by atoms with van der Waals surface area (Å²) in [7, 11) is -15.6. The summed E-state index contributed by atoms with van der Waals surface area (Å²) in [6.45, 7) is 4.80. The summed E-state index contributed by atoms with van der Waals surface area (Å²) < 4.78 is 87.9. The number of aliphatic hydroxyl groups is 2. The zero-order chi connectivity index (χ0) is 44.9. The van der Waals surface area contributed by atoms with Crippen molar-refractivity contribution in [3.8, 4) is 0 Å². The molecule has 0 aliphatic heterocycles. The van der Waals surface area contributed by atoms with Crippen molar-refractivity contribution in [2.45, 2.75) is 261 Å². The van der Waals surface area contributed by atoms with Gasteiger partial charge in [0.15, 0.2) is 29.5 Å². The van der Waals surface area contributed by atoms with Gasteiger partial charge >= 0.3 is 9.38 Å². The Hall–Kier alpha value is -0.760. The number of hydrogen-bond donors (Lipinski definition) is 2. The third kappa shape index (κ3) is 25.5. The molecule has 0 amide bonds. The van der Waals surface area contributed by atoms with E-state index in [0.29, 0.717) is 38.5 Å². The maximum atomic E-state index is 14.4. The van der Waals surface area contributed by atoms with Gasteiger partial charge in [0.2, 0.25) is 0 Å². The van der Waals surface area contributed by atoms with Gasteiger partial charge < -0.3 is 14.9 Å². The van der Waals surface area contributed by atoms with Crippen LogP contribution in [0.2, 0.25) is 0 Å². The van der Waals surface area contributed by atoms with E-state index in [1.807, 2.05) is 0 Å². The molecule has 0 rings (SSSR count). The smallest absolute Gasteiger partial charge is 0.366 e. The molecule has 0 saturated carbocycles. The van der Waals surface area contributed by atoms with Gasteiger partial charge in [-0.2, -0.15) is 0 Å². The Kier molecular flexibility index (Phi) is 37.1. The van der Waals surface area contributed by atoms with Gasteiger partial charge in [0, 0.05) is 0 Å². The number of rotatable bonds is 46. The van der Waals surface area contributed by atoms with E-state index in [2.05, 4.69) is 20.8 Å². The van der Waals surface area contributed by atoms with E-state index in [-0.39, 0.29) is 19.3 Å². The first-order valence-electron chi connectivity index (χ1n) is 24.9. The first kappa shape index (κ1) is 59.2. The molecular formula is C47H94O10S3. The Bertz CT molecular complexity index is 1190. The number of aliphatic hydroxyl groups excluding tert-OH is 2. The first-order valence-corrected chi connectivity index (χ1v) is 29.9. The Morgan fingerprint density at radius 3 is 0.800 bits per heavy atom. The summed E-state index contributed by atoms with van der Waals surface area (Å²) in [5.74, 6) is -4.29. The molecule has 0 aromatic carbocycles. The van der Waals surface area contributed by atoms with Crippen molar-refractivity contribution in [2.24, 2.45) is 0 Å². The van der Waals surface area contributed by atoms with Crippen LogP contribution < -0.4 is 0 Å². The summed E-state index contributed by atoms with van der Waals surface area (Å²) in [5.41, 5.74) is 0. The zero-order valence-electron chi connectivity index (χ0n) is 39.0. The van der Waals surface area contributed by atoms with E-state index in [1.54, 1.807) is 0 Å². The predicted octanol–water partition coefficient (Wildman–Crippen LogP) is 11.9. The average molecular weight is 915 g/mol. The second-order valence-corrected chi connectivity index (χ2v) is 25.1. The fourth-order valence-electron chi connectivity index (χ4n) is 8.08. The number of sulfone groups is 3. The number of unbranched alkanes of at least 4 members (excludes halogenated alkanes) is 33. The fourth-order valence-corrected chi connectivity index (χ4v) is 17.7. The molecule has 0 bridgehead atoms. The summed E-state index contributed by atoms with van der Waals surface area (Å²) in [6.07, 6.45) is 32.8. The summed E-state index contributed by atoms with van der Waals surface area (Å²) >= 11 is 0. The second-order valence-electron chi connectivity index (χ2n) is 17.6. The van der Waals surface area contributed by atoms with Crippen molar-refractivity contribution in [3.05, 3.63) is 0 Å². The maximum Gasteiger partial charge on any atom is 0.366 e. The van der Waals surface area contributed by atoms with Crippen LogP contribution in [0.25, 0.3) is 0 Å². The minimum Gasteiger partial charge on any atom is -0.460 e. The molecule has 0 spiro atoms. The SMILES string of the molecule is CCCCCCCCCCCCCCS(=O)(=O)C(C(=O)OCC(O)CO)(S(=O)(=O)CCCCCCCCCCCCCC)S(=O)(=O)CCCCCCCCCCCCCC. The zero-order valence-corrected chi connectivity index (χ0v) is 41.4. The normalized spacial score (nSPS) is 13.2. The quantitative estimate of drug-likeness (QED) is 0.0443. The van der Waals surface area contributed by atoms with Crippen molar-refractivity contribution in [1.82, 2.24) is 0 Å². The van der Waals surface area contributed by atoms with Gasteiger partial charge in [-0.3, -0.25) is 0 Å². The number of carbonyl (C=O) groups is 1. The van der Waals surface area contributed by atoms with Gasteiger partial charge in [-0.1, -0.05) is 233 Å². The van der Waals surface area contributed by atoms with E-state index < -0.39 is 75.5 Å². The highest BCUT2D eigenvalue weighted by Gasteiger charge is 2.70. The van der Waals surface area contributed by atoms with E-state index >= 15 is 0 Å². The Morgan fingerprint density at radius 1 is 0.400 bits per heavy atom. The third-order valence-electron chi connectivity index (χ3n) is 11.9. The highest BCUT2D eigenvalue weighted by atomic mass is 32.3. The van der Waals surface area contributed by atoms with Crippen LogP contribution in [-0.2, 0) is 39.0 Å². The molecule has 1 atom stereocenters. The van der Waals surface area contributed by atoms with Gasteiger partial charge in [-0.25, -0.2) is 30.0 Å². The molecule has 2 N–H and O–H groups in total. The number of esters is 1. The lowest BCUT2D eigenvalue weighted by Gasteiger charge is -2.31. The van der Waals surface area contributed by atoms with Crippen molar-refractivity contribution in [3.63, 3.8) is 0 Å². The largest absolute Gasteiger partial charge is 0.460 e. The van der Waals surface area contributed by atoms with Crippen molar-refractivity contribution in [2.75, 3.05) is 30.5 Å². The van der Waals surface area contributed by atoms with E-state index in [9.17, 15) is 40.3 Å². The molecule has 0 aromatic rings. The lowest BCUT2D eigenvalue weighted by Crippen LogP contribution is -2.61. The predicted molar refractivity (Wildman–Crippen MR) is 251 cm³/mol. The second kappa shape index (κ2) is 37.6. The molecule has 0 fully saturated rings. The Balaban J connectivity index is 5.91. The molecule has 0 aliphatic carbocycles. The highest BCUT2D eigenvalue weighted by molar-refractivity contribution is 8.27. The minimum absolute atomic E-state index is 0.00982. The molecule has 0 radical (unpaired) electrons. The monoisotopic (exact) mass is 915 g/mol. The van der Waals surface area contributed by atoms with Gasteiger partial charge in [-0.15, -0.1) is 0 Å². The average Bonchev–Trinajstić information content (AvgIpc) is 3.20. The number of hydrogen-bond acceptors (Lipinski definition) is 10. The number of ether oxygens (including phenoxy) is 1. The molecule has 1 unspecified atom stereocenters. The van der Waals surface area contributed by atoms with Crippen LogP contribution in [0.1, 0.15) is 252 Å². The van der Waals surface area contributed by atoms with Gasteiger partial charge in [0.25, 0.3) is 0 Å². The van der Waals surface area contributed by atoms with Crippen LogP contribution in [0.15, 0.2) is 0 Å². The Labute approximate surface area is 370 Å². The molecular weight excluding hydrogens is 821 g/mol. The number of carbonyl (C=O) groups excluding carboxylic acids is 1. The van der Waals surface area contributed by atoms with Gasteiger partial charge in [0.05, 0.1) is 23.9 Å². The van der Waals surface area contributed by atoms with E-state index in [1.165, 1.54) is 96.3 Å². The van der Waals surface area contributed by atoms with Gasteiger partial charge in [0.1, 0.15) is 12.7 Å². The van der Waals surface area contributed by atoms with Crippen LogP contribution in [0.5, 0.6) is 0 Å². The molecule has 360 valence electrons. The van der Waals surface area contributed by atoms with Crippen LogP contribution in [0.4, 0.5) is 0 Å². The molecule has 13 heteroatoms. The summed E-state index contributed by atoms with van der Waals surface area (Å²) in [6, 6.07) is 0. The van der Waals surface area contributed by atoms with Crippen LogP contribution in [0, 0.1) is 0 Å². The molecule has 60 heavy (non-hydrogen) atoms. The highest BCUT2D eigenvalue weighted by Crippen LogP contribution is 2.38. The summed E-state index contributed by atoms with van der Waals surface area (Å²) in [4.78, 5) is 14.0. The van der Waals surface area contributed by atoms with Crippen LogP contribution in [0.3, 0.4) is 0 Å².